The van der Waals surface area contributed by atoms with Crippen LogP contribution in [0.2, 0.25) is 0 Å². The van der Waals surface area contributed by atoms with Gasteiger partial charge in [-0.1, -0.05) is 387 Å². The van der Waals surface area contributed by atoms with Gasteiger partial charge in [-0.2, -0.15) is 0 Å². The van der Waals surface area contributed by atoms with E-state index < -0.39 is 6.10 Å². The smallest absolute Gasteiger partial charge is 0.306 e. The zero-order valence-corrected chi connectivity index (χ0v) is 53.5. The monoisotopic (exact) mass is 1100 g/mol. The molecule has 0 N–H and O–H groups in total. The van der Waals surface area contributed by atoms with Crippen molar-refractivity contribution in [1.82, 2.24) is 0 Å². The quantitative estimate of drug-likeness (QED) is 0.0343. The van der Waals surface area contributed by atoms with Crippen molar-refractivity contribution in [2.45, 2.75) is 431 Å². The molecule has 0 aromatic carbocycles. The summed E-state index contributed by atoms with van der Waals surface area (Å²) in [6, 6.07) is 0. The van der Waals surface area contributed by atoms with Gasteiger partial charge in [0.25, 0.3) is 0 Å². The van der Waals surface area contributed by atoms with Crippen LogP contribution in [-0.4, -0.2) is 37.2 Å². The summed E-state index contributed by atoms with van der Waals surface area (Å²) in [4.78, 5) is 38.4. The van der Waals surface area contributed by atoms with Gasteiger partial charge in [0.15, 0.2) is 6.10 Å². The van der Waals surface area contributed by atoms with Gasteiger partial charge >= 0.3 is 17.9 Å². The van der Waals surface area contributed by atoms with E-state index in [0.29, 0.717) is 19.3 Å². The molecular formula is C72H140O6. The molecule has 0 aliphatic rings. The highest BCUT2D eigenvalue weighted by Crippen LogP contribution is 2.20. The summed E-state index contributed by atoms with van der Waals surface area (Å²) in [5, 5.41) is 0. The maximum atomic E-state index is 12.9. The SMILES string of the molecule is CCCCCCCCCCCCCCCCCCCCCCCCCCCCCC(=O)OCC(COC(=O)CCCCCCCCCCCCCCCCC)OC(=O)CCCCCCCCCCCCCCCCCCCC. The van der Waals surface area contributed by atoms with Crippen molar-refractivity contribution in [3.05, 3.63) is 0 Å². The molecule has 0 bridgehead atoms. The molecule has 0 aliphatic carbocycles. The Kier molecular flexibility index (Phi) is 66.5. The van der Waals surface area contributed by atoms with Crippen LogP contribution in [0.15, 0.2) is 0 Å². The Bertz CT molecular complexity index is 1170. The highest BCUT2D eigenvalue weighted by atomic mass is 16.6. The highest BCUT2D eigenvalue weighted by molar-refractivity contribution is 5.71. The lowest BCUT2D eigenvalue weighted by Crippen LogP contribution is -2.30. The Morgan fingerprint density at radius 1 is 0.205 bits per heavy atom. The summed E-state index contributed by atoms with van der Waals surface area (Å²) in [7, 11) is 0. The third kappa shape index (κ3) is 65.2. The number of carbonyl (C=O) groups is 3. The van der Waals surface area contributed by atoms with E-state index in [1.54, 1.807) is 0 Å². The van der Waals surface area contributed by atoms with Crippen LogP contribution < -0.4 is 0 Å². The first-order valence-corrected chi connectivity index (χ1v) is 36.0. The van der Waals surface area contributed by atoms with Crippen molar-refractivity contribution < 1.29 is 28.6 Å². The Labute approximate surface area is 488 Å². The molecule has 6 nitrogen and oxygen atoms in total. The number of rotatable bonds is 68. The van der Waals surface area contributed by atoms with Crippen LogP contribution in [0.25, 0.3) is 0 Å². The minimum atomic E-state index is -0.763. The largest absolute Gasteiger partial charge is 0.462 e. The Hall–Kier alpha value is -1.59. The van der Waals surface area contributed by atoms with E-state index in [0.717, 1.165) is 57.8 Å². The normalized spacial score (nSPS) is 11.9. The second-order valence-electron chi connectivity index (χ2n) is 24.9. The minimum Gasteiger partial charge on any atom is -0.462 e. The fraction of sp³-hybridized carbons (Fsp3) is 0.958. The summed E-state index contributed by atoms with van der Waals surface area (Å²) in [5.74, 6) is -0.818. The van der Waals surface area contributed by atoms with E-state index in [1.165, 1.54) is 327 Å². The molecule has 0 aromatic heterocycles. The van der Waals surface area contributed by atoms with Crippen molar-refractivity contribution in [3.63, 3.8) is 0 Å². The molecule has 0 amide bonds. The van der Waals surface area contributed by atoms with Crippen molar-refractivity contribution in [2.24, 2.45) is 0 Å². The van der Waals surface area contributed by atoms with E-state index >= 15 is 0 Å². The molecule has 6 heteroatoms. The van der Waals surface area contributed by atoms with Gasteiger partial charge in [0, 0.05) is 19.3 Å². The number of esters is 3. The topological polar surface area (TPSA) is 78.9 Å². The van der Waals surface area contributed by atoms with Crippen LogP contribution in [0.1, 0.15) is 425 Å². The van der Waals surface area contributed by atoms with Gasteiger partial charge in [-0.05, 0) is 19.3 Å². The summed E-state index contributed by atoms with van der Waals surface area (Å²) < 4.78 is 17.0. The number of hydrogen-bond donors (Lipinski definition) is 0. The van der Waals surface area contributed by atoms with Gasteiger partial charge < -0.3 is 14.2 Å². The number of hydrogen-bond acceptors (Lipinski definition) is 6. The highest BCUT2D eigenvalue weighted by Gasteiger charge is 2.20. The van der Waals surface area contributed by atoms with Crippen LogP contribution in [-0.2, 0) is 28.6 Å². The predicted molar refractivity (Wildman–Crippen MR) is 340 cm³/mol. The molecular weight excluding hydrogens is 961 g/mol. The van der Waals surface area contributed by atoms with Gasteiger partial charge in [0.1, 0.15) is 13.2 Å². The lowest BCUT2D eigenvalue weighted by Gasteiger charge is -2.18. The zero-order chi connectivity index (χ0) is 56.4. The molecule has 0 saturated carbocycles. The van der Waals surface area contributed by atoms with Crippen LogP contribution in [0.3, 0.4) is 0 Å². The van der Waals surface area contributed by atoms with Crippen molar-refractivity contribution >= 4 is 17.9 Å². The second kappa shape index (κ2) is 67.9. The lowest BCUT2D eigenvalue weighted by atomic mass is 10.0. The summed E-state index contributed by atoms with van der Waals surface area (Å²) in [5.41, 5.74) is 0. The molecule has 0 aliphatic heterocycles. The van der Waals surface area contributed by atoms with E-state index in [4.69, 9.17) is 14.2 Å². The first-order valence-electron chi connectivity index (χ1n) is 36.0. The zero-order valence-electron chi connectivity index (χ0n) is 53.5. The van der Waals surface area contributed by atoms with Crippen molar-refractivity contribution in [2.75, 3.05) is 13.2 Å². The Morgan fingerprint density at radius 3 is 0.513 bits per heavy atom. The molecule has 0 fully saturated rings. The fourth-order valence-electron chi connectivity index (χ4n) is 11.5. The van der Waals surface area contributed by atoms with Gasteiger partial charge in [0.2, 0.25) is 0 Å². The maximum absolute atomic E-state index is 12.9. The average molecular weight is 1100 g/mol. The van der Waals surface area contributed by atoms with E-state index in [1.807, 2.05) is 0 Å². The third-order valence-corrected chi connectivity index (χ3v) is 16.9. The van der Waals surface area contributed by atoms with E-state index in [9.17, 15) is 14.4 Å². The fourth-order valence-corrected chi connectivity index (χ4v) is 11.5. The van der Waals surface area contributed by atoms with Crippen molar-refractivity contribution in [3.8, 4) is 0 Å². The molecule has 78 heavy (non-hydrogen) atoms. The van der Waals surface area contributed by atoms with Crippen LogP contribution in [0, 0.1) is 0 Å². The summed E-state index contributed by atoms with van der Waals surface area (Å²) in [6.07, 6.45) is 80.0. The van der Waals surface area contributed by atoms with Crippen molar-refractivity contribution in [1.29, 1.82) is 0 Å². The molecule has 0 heterocycles. The molecule has 0 saturated heterocycles. The first-order chi connectivity index (χ1) is 38.5. The molecule has 1 atom stereocenters. The molecule has 0 radical (unpaired) electrons. The van der Waals surface area contributed by atoms with Crippen LogP contribution in [0.5, 0.6) is 0 Å². The number of carbonyl (C=O) groups excluding carboxylic acids is 3. The molecule has 1 unspecified atom stereocenters. The Morgan fingerprint density at radius 2 is 0.346 bits per heavy atom. The predicted octanol–water partition coefficient (Wildman–Crippen LogP) is 24.6. The Balaban J connectivity index is 4.18. The second-order valence-corrected chi connectivity index (χ2v) is 24.9. The van der Waals surface area contributed by atoms with Crippen LogP contribution in [0.4, 0.5) is 0 Å². The molecule has 0 aromatic rings. The minimum absolute atomic E-state index is 0.0601. The van der Waals surface area contributed by atoms with Gasteiger partial charge in [-0.25, -0.2) is 0 Å². The molecule has 0 rings (SSSR count). The standard InChI is InChI=1S/C72H140O6/c1-4-7-10-13-16-19-22-25-28-30-32-33-34-35-36-37-38-39-40-42-44-47-50-53-56-59-62-65-71(74)77-68-69(67-76-70(73)64-61-58-55-52-49-46-43-27-24-21-18-15-12-9-6-3)78-72(75)66-63-60-57-54-51-48-45-41-31-29-26-23-20-17-14-11-8-5-2/h69H,4-68H2,1-3H3. The average Bonchev–Trinajstić information content (AvgIpc) is 3.44. The van der Waals surface area contributed by atoms with E-state index in [2.05, 4.69) is 20.8 Å². The number of unbranched alkanes of at least 4 members (excludes halogenated alkanes) is 57. The summed E-state index contributed by atoms with van der Waals surface area (Å²) >= 11 is 0. The third-order valence-electron chi connectivity index (χ3n) is 16.9. The van der Waals surface area contributed by atoms with Gasteiger partial charge in [-0.3, -0.25) is 14.4 Å². The molecule has 0 spiro atoms. The number of ether oxygens (including phenoxy) is 3. The summed E-state index contributed by atoms with van der Waals surface area (Å²) in [6.45, 7) is 6.75. The lowest BCUT2D eigenvalue weighted by molar-refractivity contribution is -0.167. The van der Waals surface area contributed by atoms with Gasteiger partial charge in [-0.15, -0.1) is 0 Å². The van der Waals surface area contributed by atoms with Crippen LogP contribution >= 0.6 is 0 Å². The molecule has 464 valence electrons. The first kappa shape index (κ1) is 76.4. The maximum Gasteiger partial charge on any atom is 0.306 e. The van der Waals surface area contributed by atoms with Gasteiger partial charge in [0.05, 0.1) is 0 Å². The van der Waals surface area contributed by atoms with E-state index in [-0.39, 0.29) is 31.1 Å².